The summed E-state index contributed by atoms with van der Waals surface area (Å²) in [5.41, 5.74) is 0.144. The molecule has 0 aromatic heterocycles. The van der Waals surface area contributed by atoms with Crippen LogP contribution >= 0.6 is 0 Å². The van der Waals surface area contributed by atoms with Crippen LogP contribution in [-0.4, -0.2) is 29.1 Å². The summed E-state index contributed by atoms with van der Waals surface area (Å²) in [5, 5.41) is 10.7. The van der Waals surface area contributed by atoms with Gasteiger partial charge in [-0.2, -0.15) is 4.99 Å². The zero-order valence-electron chi connectivity index (χ0n) is 11.4. The highest BCUT2D eigenvalue weighted by Crippen LogP contribution is 2.20. The zero-order valence-corrected chi connectivity index (χ0v) is 11.4. The minimum atomic E-state index is -0.599. The van der Waals surface area contributed by atoms with E-state index in [4.69, 9.17) is 4.74 Å². The molecule has 0 saturated heterocycles. The zero-order chi connectivity index (χ0) is 15.3. The maximum absolute atomic E-state index is 11.6. The number of hydrogen-bond acceptors (Lipinski definition) is 5. The van der Waals surface area contributed by atoms with E-state index < -0.39 is 10.8 Å². The molecule has 1 aromatic carbocycles. The van der Waals surface area contributed by atoms with Gasteiger partial charge in [-0.25, -0.2) is 0 Å². The van der Waals surface area contributed by atoms with Gasteiger partial charge in [-0.3, -0.25) is 19.7 Å². The molecule has 0 fully saturated rings. The van der Waals surface area contributed by atoms with Crippen LogP contribution < -0.4 is 0 Å². The van der Waals surface area contributed by atoms with E-state index in [1.54, 1.807) is 6.92 Å². The summed E-state index contributed by atoms with van der Waals surface area (Å²) < 4.78 is 5.24. The summed E-state index contributed by atoms with van der Waals surface area (Å²) in [6, 6.07) is 3.73. The number of ketones is 1. The van der Waals surface area contributed by atoms with E-state index in [-0.39, 0.29) is 35.1 Å². The van der Waals surface area contributed by atoms with Crippen LogP contribution in [0, 0.1) is 10.1 Å². The Morgan fingerprint density at radius 1 is 1.30 bits per heavy atom. The predicted molar refractivity (Wildman–Crippen MR) is 71.9 cm³/mol. The fourth-order valence-electron chi connectivity index (χ4n) is 1.57. The second-order valence-electron chi connectivity index (χ2n) is 3.91. The molecule has 0 bridgehead atoms. The van der Waals surface area contributed by atoms with Crippen molar-refractivity contribution in [3.8, 4) is 0 Å². The van der Waals surface area contributed by atoms with Gasteiger partial charge in [0.2, 0.25) is 11.8 Å². The van der Waals surface area contributed by atoms with Crippen molar-refractivity contribution < 1.29 is 19.2 Å². The van der Waals surface area contributed by atoms with Gasteiger partial charge < -0.3 is 4.74 Å². The Hall–Kier alpha value is -2.57. The Balaban J connectivity index is 3.45. The van der Waals surface area contributed by atoms with Gasteiger partial charge in [0.15, 0.2) is 5.78 Å². The monoisotopic (exact) mass is 278 g/mol. The number of hydrogen-bond donors (Lipinski definition) is 0. The molecule has 0 N–H and O–H groups in total. The fraction of sp³-hybridized carbons (Fsp3) is 0.308. The molecule has 0 atom stereocenters. The van der Waals surface area contributed by atoms with E-state index in [1.807, 2.05) is 0 Å². The lowest BCUT2D eigenvalue weighted by Gasteiger charge is -2.10. The number of non-ortho nitro benzene ring substituents is 1. The quantitative estimate of drug-likeness (QED) is 0.276. The van der Waals surface area contributed by atoms with E-state index >= 15 is 0 Å². The Bertz CT molecular complexity index is 592. The average Bonchev–Trinajstić information content (AvgIpc) is 2.36. The number of amides is 1. The van der Waals surface area contributed by atoms with Gasteiger partial charge in [0, 0.05) is 30.2 Å². The molecule has 7 nitrogen and oxygen atoms in total. The van der Waals surface area contributed by atoms with Gasteiger partial charge in [-0.05, 0) is 19.9 Å². The number of carbonyl (C=O) groups is 2. The molecule has 1 aromatic rings. The summed E-state index contributed by atoms with van der Waals surface area (Å²) in [6.07, 6.45) is 0. The second-order valence-corrected chi connectivity index (χ2v) is 3.91. The molecule has 0 aliphatic heterocycles. The summed E-state index contributed by atoms with van der Waals surface area (Å²) in [5.74, 6) is -0.874. The first-order valence-corrected chi connectivity index (χ1v) is 5.88. The molecule has 0 radical (unpaired) electrons. The lowest BCUT2D eigenvalue weighted by Crippen LogP contribution is -2.13. The highest BCUT2D eigenvalue weighted by Gasteiger charge is 2.18. The van der Waals surface area contributed by atoms with Crippen LogP contribution in [0.3, 0.4) is 0 Å². The third-order valence-corrected chi connectivity index (χ3v) is 2.36. The van der Waals surface area contributed by atoms with Crippen LogP contribution in [0.5, 0.6) is 0 Å². The van der Waals surface area contributed by atoms with E-state index in [2.05, 4.69) is 4.99 Å². The largest absolute Gasteiger partial charge is 0.477 e. The number of ether oxygens (including phenoxy) is 1. The number of rotatable bonds is 4. The Morgan fingerprint density at radius 3 is 2.40 bits per heavy atom. The van der Waals surface area contributed by atoms with Crippen molar-refractivity contribution in [2.24, 2.45) is 4.99 Å². The molecule has 0 heterocycles. The molecule has 0 aliphatic rings. The fourth-order valence-corrected chi connectivity index (χ4v) is 1.57. The average molecular weight is 278 g/mol. The minimum Gasteiger partial charge on any atom is -0.477 e. The summed E-state index contributed by atoms with van der Waals surface area (Å²) in [6.45, 7) is 4.48. The standard InChI is InChI=1S/C13H14N2O5/c1-4-20-13(14-9(3)17)11-6-5-10(15(18)19)7-12(11)8(2)16/h5-7H,4H2,1-3H3. The van der Waals surface area contributed by atoms with Gasteiger partial charge >= 0.3 is 0 Å². The van der Waals surface area contributed by atoms with Crippen molar-refractivity contribution >= 4 is 23.3 Å². The van der Waals surface area contributed by atoms with Crippen molar-refractivity contribution in [1.82, 2.24) is 0 Å². The molecule has 106 valence electrons. The number of nitro benzene ring substituents is 1. The van der Waals surface area contributed by atoms with Crippen molar-refractivity contribution in [2.45, 2.75) is 20.8 Å². The minimum absolute atomic E-state index is 0.0138. The molecule has 0 spiro atoms. The molecule has 20 heavy (non-hydrogen) atoms. The summed E-state index contributed by atoms with van der Waals surface area (Å²) >= 11 is 0. The van der Waals surface area contributed by atoms with Crippen LogP contribution in [-0.2, 0) is 9.53 Å². The first-order valence-electron chi connectivity index (χ1n) is 5.88. The lowest BCUT2D eigenvalue weighted by molar-refractivity contribution is -0.384. The normalized spacial score (nSPS) is 11.1. The van der Waals surface area contributed by atoms with Crippen molar-refractivity contribution in [2.75, 3.05) is 6.61 Å². The number of Topliss-reactive ketones (excluding diaryl/α,β-unsaturated/α-hetero) is 1. The number of benzene rings is 1. The molecular weight excluding hydrogens is 264 g/mol. The van der Waals surface area contributed by atoms with Crippen LogP contribution in [0.1, 0.15) is 36.7 Å². The van der Waals surface area contributed by atoms with Gasteiger partial charge in [-0.1, -0.05) is 0 Å². The van der Waals surface area contributed by atoms with E-state index in [9.17, 15) is 19.7 Å². The van der Waals surface area contributed by atoms with E-state index in [0.717, 1.165) is 6.07 Å². The SMILES string of the molecule is CCOC(=NC(C)=O)c1ccc([N+](=O)[O-])cc1C(C)=O. The van der Waals surface area contributed by atoms with Crippen molar-refractivity contribution in [1.29, 1.82) is 0 Å². The predicted octanol–water partition coefficient (Wildman–Crippen LogP) is 2.13. The van der Waals surface area contributed by atoms with Crippen LogP contribution in [0.15, 0.2) is 23.2 Å². The smallest absolute Gasteiger partial charge is 0.270 e. The Labute approximate surface area is 115 Å². The molecule has 0 aliphatic carbocycles. The maximum Gasteiger partial charge on any atom is 0.270 e. The maximum atomic E-state index is 11.6. The molecular formula is C13H14N2O5. The molecule has 0 saturated carbocycles. The van der Waals surface area contributed by atoms with Gasteiger partial charge in [0.25, 0.3) is 5.69 Å². The third-order valence-electron chi connectivity index (χ3n) is 2.36. The number of nitro groups is 1. The van der Waals surface area contributed by atoms with Crippen LogP contribution in [0.2, 0.25) is 0 Å². The summed E-state index contributed by atoms with van der Waals surface area (Å²) in [7, 11) is 0. The van der Waals surface area contributed by atoms with Crippen molar-refractivity contribution in [3.05, 3.63) is 39.4 Å². The Kier molecular flexibility index (Phi) is 5.08. The number of nitrogens with zero attached hydrogens (tertiary/aromatic N) is 2. The van der Waals surface area contributed by atoms with Crippen molar-refractivity contribution in [3.63, 3.8) is 0 Å². The summed E-state index contributed by atoms with van der Waals surface area (Å²) in [4.78, 5) is 36.5. The lowest BCUT2D eigenvalue weighted by atomic mass is 10.0. The molecule has 7 heteroatoms. The molecule has 1 rings (SSSR count). The van der Waals surface area contributed by atoms with Gasteiger partial charge in [0.1, 0.15) is 0 Å². The highest BCUT2D eigenvalue weighted by atomic mass is 16.6. The van der Waals surface area contributed by atoms with E-state index in [1.165, 1.54) is 26.0 Å². The molecule has 0 unspecified atom stereocenters. The topological polar surface area (TPSA) is 98.9 Å². The van der Waals surface area contributed by atoms with E-state index in [0.29, 0.717) is 0 Å². The number of carbonyl (C=O) groups excluding carboxylic acids is 2. The first-order chi connectivity index (χ1) is 9.36. The third kappa shape index (κ3) is 3.71. The van der Waals surface area contributed by atoms with Gasteiger partial charge in [-0.15, -0.1) is 0 Å². The highest BCUT2D eigenvalue weighted by molar-refractivity contribution is 6.10. The second kappa shape index (κ2) is 6.55. The van der Waals surface area contributed by atoms with Crippen LogP contribution in [0.25, 0.3) is 0 Å². The van der Waals surface area contributed by atoms with Crippen LogP contribution in [0.4, 0.5) is 5.69 Å². The number of aliphatic imine (C=N–C) groups is 1. The Morgan fingerprint density at radius 2 is 1.95 bits per heavy atom. The molecule has 1 amide bonds. The van der Waals surface area contributed by atoms with Gasteiger partial charge in [0.05, 0.1) is 11.5 Å². The first kappa shape index (κ1) is 15.5.